The number of hydrogen-bond acceptors (Lipinski definition) is 2. The Morgan fingerprint density at radius 3 is 2.45 bits per heavy atom. The van der Waals surface area contributed by atoms with Crippen molar-refractivity contribution < 1.29 is 4.74 Å². The van der Waals surface area contributed by atoms with Crippen LogP contribution in [-0.2, 0) is 0 Å². The number of nitrogens with one attached hydrogen (secondary N) is 1. The van der Waals surface area contributed by atoms with Gasteiger partial charge in [0.05, 0.1) is 11.6 Å². The molecule has 0 aliphatic rings. The van der Waals surface area contributed by atoms with Gasteiger partial charge < -0.3 is 10.1 Å². The minimum atomic E-state index is 0.236. The molecule has 0 spiro atoms. The van der Waals surface area contributed by atoms with E-state index in [1.165, 1.54) is 0 Å². The van der Waals surface area contributed by atoms with Crippen LogP contribution in [0.15, 0.2) is 16.6 Å². The average Bonchev–Trinajstić information content (AvgIpc) is 2.38. The molecule has 0 aliphatic heterocycles. The second kappa shape index (κ2) is 8.26. The molecule has 2 unspecified atom stereocenters. The molecule has 0 aromatic heterocycles. The summed E-state index contributed by atoms with van der Waals surface area (Å²) < 4.78 is 6.48. The van der Waals surface area contributed by atoms with Gasteiger partial charge in [0, 0.05) is 16.6 Å². The normalized spacial score (nSPS) is 14.4. The molecule has 1 aromatic rings. The Morgan fingerprint density at radius 2 is 1.95 bits per heavy atom. The second-order valence-corrected chi connectivity index (χ2v) is 6.84. The smallest absolute Gasteiger partial charge is 0.137 e. The number of methoxy groups -OCH3 is 1. The summed E-state index contributed by atoms with van der Waals surface area (Å²) in [5.41, 5.74) is 1.13. The lowest BCUT2D eigenvalue weighted by Gasteiger charge is -2.30. The van der Waals surface area contributed by atoms with E-state index < -0.39 is 0 Å². The van der Waals surface area contributed by atoms with Gasteiger partial charge in [-0.2, -0.15) is 0 Å². The Hall–Kier alpha value is -0.250. The van der Waals surface area contributed by atoms with E-state index in [4.69, 9.17) is 16.3 Å². The SMILES string of the molecule is CCCNC(c1cc(Cl)cc(Br)c1OC)C(C)C(C)C. The summed E-state index contributed by atoms with van der Waals surface area (Å²) >= 11 is 9.77. The van der Waals surface area contributed by atoms with E-state index in [2.05, 4.69) is 48.9 Å². The van der Waals surface area contributed by atoms with Crippen molar-refractivity contribution in [1.29, 1.82) is 0 Å². The minimum Gasteiger partial charge on any atom is -0.495 e. The van der Waals surface area contributed by atoms with E-state index in [-0.39, 0.29) is 6.04 Å². The van der Waals surface area contributed by atoms with Crippen molar-refractivity contribution in [2.24, 2.45) is 11.8 Å². The molecule has 0 saturated carbocycles. The van der Waals surface area contributed by atoms with Crippen molar-refractivity contribution in [3.63, 3.8) is 0 Å². The number of halogens is 2. The van der Waals surface area contributed by atoms with Gasteiger partial charge in [-0.1, -0.05) is 39.3 Å². The maximum absolute atomic E-state index is 6.23. The molecule has 20 heavy (non-hydrogen) atoms. The first kappa shape index (κ1) is 17.8. The molecule has 0 heterocycles. The Balaban J connectivity index is 3.24. The van der Waals surface area contributed by atoms with Gasteiger partial charge in [-0.25, -0.2) is 0 Å². The van der Waals surface area contributed by atoms with Crippen LogP contribution in [0.5, 0.6) is 5.75 Å². The van der Waals surface area contributed by atoms with Gasteiger partial charge in [-0.15, -0.1) is 0 Å². The van der Waals surface area contributed by atoms with E-state index >= 15 is 0 Å². The largest absolute Gasteiger partial charge is 0.495 e. The molecular weight excluding hydrogens is 338 g/mol. The highest BCUT2D eigenvalue weighted by molar-refractivity contribution is 9.10. The Morgan fingerprint density at radius 1 is 1.30 bits per heavy atom. The summed E-state index contributed by atoms with van der Waals surface area (Å²) in [6.45, 7) is 9.92. The van der Waals surface area contributed by atoms with E-state index in [0.717, 1.165) is 33.8 Å². The molecule has 1 rings (SSSR count). The summed E-state index contributed by atoms with van der Waals surface area (Å²) in [5, 5.41) is 4.37. The van der Waals surface area contributed by atoms with E-state index in [1.54, 1.807) is 7.11 Å². The summed E-state index contributed by atoms with van der Waals surface area (Å²) in [7, 11) is 1.70. The van der Waals surface area contributed by atoms with Crippen molar-refractivity contribution in [3.8, 4) is 5.75 Å². The van der Waals surface area contributed by atoms with Crippen LogP contribution in [0.4, 0.5) is 0 Å². The summed E-state index contributed by atoms with van der Waals surface area (Å²) in [6.07, 6.45) is 1.10. The molecule has 0 bridgehead atoms. The molecule has 2 atom stereocenters. The zero-order valence-corrected chi connectivity index (χ0v) is 15.3. The van der Waals surface area contributed by atoms with Crippen LogP contribution in [0.3, 0.4) is 0 Å². The van der Waals surface area contributed by atoms with Crippen LogP contribution in [0.2, 0.25) is 5.02 Å². The highest BCUT2D eigenvalue weighted by Gasteiger charge is 2.25. The minimum absolute atomic E-state index is 0.236. The van der Waals surface area contributed by atoms with Crippen LogP contribution < -0.4 is 10.1 Å². The maximum atomic E-state index is 6.23. The van der Waals surface area contributed by atoms with Crippen LogP contribution in [-0.4, -0.2) is 13.7 Å². The topological polar surface area (TPSA) is 21.3 Å². The first-order valence-corrected chi connectivity index (χ1v) is 8.35. The molecular formula is C16H25BrClNO. The zero-order valence-electron chi connectivity index (χ0n) is 13.0. The van der Waals surface area contributed by atoms with Gasteiger partial charge >= 0.3 is 0 Å². The fourth-order valence-corrected chi connectivity index (χ4v) is 3.29. The third kappa shape index (κ3) is 4.37. The first-order chi connectivity index (χ1) is 9.42. The van der Waals surface area contributed by atoms with Crippen LogP contribution in [0.25, 0.3) is 0 Å². The molecule has 0 saturated heterocycles. The number of hydrogen-bond donors (Lipinski definition) is 1. The number of ether oxygens (including phenoxy) is 1. The van der Waals surface area contributed by atoms with Gasteiger partial charge in [0.2, 0.25) is 0 Å². The van der Waals surface area contributed by atoms with Crippen molar-refractivity contribution in [3.05, 3.63) is 27.2 Å². The third-order valence-electron chi connectivity index (χ3n) is 3.77. The molecule has 2 nitrogen and oxygen atoms in total. The molecule has 0 radical (unpaired) electrons. The van der Waals surface area contributed by atoms with Crippen molar-refractivity contribution in [2.45, 2.75) is 40.2 Å². The van der Waals surface area contributed by atoms with Gasteiger partial charge in [0.15, 0.2) is 0 Å². The Kier molecular flexibility index (Phi) is 7.35. The second-order valence-electron chi connectivity index (χ2n) is 5.55. The van der Waals surface area contributed by atoms with E-state index in [0.29, 0.717) is 11.8 Å². The van der Waals surface area contributed by atoms with E-state index in [9.17, 15) is 0 Å². The lowest BCUT2D eigenvalue weighted by Crippen LogP contribution is -2.30. The summed E-state index contributed by atoms with van der Waals surface area (Å²) in [6, 6.07) is 4.12. The molecule has 1 N–H and O–H groups in total. The highest BCUT2D eigenvalue weighted by Crippen LogP contribution is 2.39. The molecule has 114 valence electrons. The average molecular weight is 363 g/mol. The molecule has 0 fully saturated rings. The monoisotopic (exact) mass is 361 g/mol. The van der Waals surface area contributed by atoms with Crippen LogP contribution in [0, 0.1) is 11.8 Å². The summed E-state index contributed by atoms with van der Waals surface area (Å²) in [4.78, 5) is 0. The predicted octanol–water partition coefficient (Wildman–Crippen LogP) is 5.44. The van der Waals surface area contributed by atoms with E-state index in [1.807, 2.05) is 12.1 Å². The van der Waals surface area contributed by atoms with Gasteiger partial charge in [-0.05, 0) is 52.9 Å². The lowest BCUT2D eigenvalue weighted by atomic mass is 9.85. The standard InChI is InChI=1S/C16H25BrClNO/c1-6-7-19-15(11(4)10(2)3)13-8-12(18)9-14(17)16(13)20-5/h8-11,15,19H,6-7H2,1-5H3. The number of benzene rings is 1. The fourth-order valence-electron chi connectivity index (χ4n) is 2.29. The van der Waals surface area contributed by atoms with Crippen LogP contribution in [0.1, 0.15) is 45.7 Å². The molecule has 4 heteroatoms. The van der Waals surface area contributed by atoms with Crippen LogP contribution >= 0.6 is 27.5 Å². The number of rotatable bonds is 7. The van der Waals surface area contributed by atoms with Gasteiger partial charge in [0.25, 0.3) is 0 Å². The third-order valence-corrected chi connectivity index (χ3v) is 4.58. The Bertz CT molecular complexity index is 437. The van der Waals surface area contributed by atoms with Crippen molar-refractivity contribution >= 4 is 27.5 Å². The quantitative estimate of drug-likeness (QED) is 0.697. The molecule has 0 amide bonds. The fraction of sp³-hybridized carbons (Fsp3) is 0.625. The van der Waals surface area contributed by atoms with Gasteiger partial charge in [0.1, 0.15) is 5.75 Å². The lowest BCUT2D eigenvalue weighted by molar-refractivity contribution is 0.294. The Labute approximate surface area is 136 Å². The predicted molar refractivity (Wildman–Crippen MR) is 90.7 cm³/mol. The van der Waals surface area contributed by atoms with Gasteiger partial charge in [-0.3, -0.25) is 0 Å². The first-order valence-electron chi connectivity index (χ1n) is 7.18. The zero-order chi connectivity index (χ0) is 15.3. The van der Waals surface area contributed by atoms with Crippen molar-refractivity contribution in [2.75, 3.05) is 13.7 Å². The maximum Gasteiger partial charge on any atom is 0.137 e. The summed E-state index contributed by atoms with van der Waals surface area (Å²) in [5.74, 6) is 1.93. The molecule has 1 aromatic carbocycles. The molecule has 0 aliphatic carbocycles. The highest BCUT2D eigenvalue weighted by atomic mass is 79.9. The van der Waals surface area contributed by atoms with Crippen molar-refractivity contribution in [1.82, 2.24) is 5.32 Å².